The van der Waals surface area contributed by atoms with Gasteiger partial charge in [-0.05, 0) is 18.2 Å². The predicted octanol–water partition coefficient (Wildman–Crippen LogP) is 4.76. The van der Waals surface area contributed by atoms with E-state index in [1.807, 2.05) is 0 Å². The molecule has 0 unspecified atom stereocenters. The highest BCUT2D eigenvalue weighted by atomic mass is 35.5. The smallest absolute Gasteiger partial charge is 0.416 e. The number of anilines is 1. The first-order valence-electron chi connectivity index (χ1n) is 9.59. The number of amides is 1. The van der Waals surface area contributed by atoms with Crippen molar-refractivity contribution in [3.8, 4) is 11.5 Å². The van der Waals surface area contributed by atoms with E-state index in [2.05, 4.69) is 10.1 Å². The quantitative estimate of drug-likeness (QED) is 0.389. The largest absolute Gasteiger partial charge is 0.466 e. The minimum Gasteiger partial charge on any atom is -0.466 e. The molecule has 7 nitrogen and oxygen atoms in total. The average Bonchev–Trinajstić information content (AvgIpc) is 3.08. The zero-order chi connectivity index (χ0) is 26.1. The van der Waals surface area contributed by atoms with E-state index in [0.717, 1.165) is 24.1 Å². The molecule has 0 radical (unpaired) electrons. The molecule has 2 aromatic carbocycles. The summed E-state index contributed by atoms with van der Waals surface area (Å²) in [5, 5.41) is 11.5. The number of methoxy groups -OCH3 is 1. The van der Waals surface area contributed by atoms with Crippen molar-refractivity contribution in [1.82, 2.24) is 4.90 Å². The number of aliphatic hydroxyl groups excluding tert-OH is 1. The van der Waals surface area contributed by atoms with Crippen LogP contribution in [0.5, 0.6) is 11.5 Å². The van der Waals surface area contributed by atoms with E-state index >= 15 is 0 Å². The number of nitrogens with zero attached hydrogens (tertiary/aromatic N) is 1. The van der Waals surface area contributed by atoms with Crippen molar-refractivity contribution in [3.05, 3.63) is 62.8 Å². The third-order valence-electron chi connectivity index (χ3n) is 4.77. The summed E-state index contributed by atoms with van der Waals surface area (Å²) in [6.45, 7) is -0.730. The van der Waals surface area contributed by atoms with E-state index in [9.17, 15) is 31.5 Å². The Morgan fingerprint density at radius 1 is 1.14 bits per heavy atom. The van der Waals surface area contributed by atoms with Crippen LogP contribution in [0.1, 0.15) is 5.56 Å². The van der Waals surface area contributed by atoms with E-state index < -0.39 is 53.4 Å². The van der Waals surface area contributed by atoms with Crippen LogP contribution in [-0.4, -0.2) is 48.7 Å². The number of ether oxygens (including phenoxy) is 2. The molecule has 1 aliphatic heterocycles. The number of carbonyl (C=O) groups is 2. The number of esters is 1. The maximum atomic E-state index is 14.4. The van der Waals surface area contributed by atoms with Gasteiger partial charge in [0, 0.05) is 12.6 Å². The number of halogens is 7. The fourth-order valence-corrected chi connectivity index (χ4v) is 3.44. The van der Waals surface area contributed by atoms with Crippen molar-refractivity contribution in [2.24, 2.45) is 0 Å². The number of hydrogen-bond acceptors (Lipinski definition) is 6. The Bertz CT molecular complexity index is 1200. The van der Waals surface area contributed by atoms with Crippen LogP contribution in [0.15, 0.2) is 35.5 Å². The molecular weight excluding hydrogens is 526 g/mol. The molecule has 2 N–H and O–H groups in total. The van der Waals surface area contributed by atoms with Crippen molar-refractivity contribution < 1.29 is 46.1 Å². The monoisotopic (exact) mass is 540 g/mol. The number of nitrogens with one attached hydrogen (secondary N) is 1. The van der Waals surface area contributed by atoms with Crippen LogP contribution < -0.4 is 10.1 Å². The Labute approximate surface area is 204 Å². The van der Waals surface area contributed by atoms with Gasteiger partial charge in [-0.15, -0.1) is 0 Å². The van der Waals surface area contributed by atoms with Gasteiger partial charge >= 0.3 is 12.1 Å². The van der Waals surface area contributed by atoms with Gasteiger partial charge in [-0.2, -0.15) is 13.2 Å². The zero-order valence-corrected chi connectivity index (χ0v) is 19.1. The summed E-state index contributed by atoms with van der Waals surface area (Å²) in [4.78, 5) is 26.1. The third-order valence-corrected chi connectivity index (χ3v) is 5.50. The molecule has 1 amide bonds. The number of rotatable bonds is 7. The number of alkyl halides is 3. The summed E-state index contributed by atoms with van der Waals surface area (Å²) in [6, 6.07) is 2.22. The minimum absolute atomic E-state index is 0.0498. The molecule has 0 bridgehead atoms. The number of aliphatic hydroxyl groups is 1. The van der Waals surface area contributed by atoms with Gasteiger partial charge in [0.25, 0.3) is 5.91 Å². The summed E-state index contributed by atoms with van der Waals surface area (Å²) in [7, 11) is 1.08. The topological polar surface area (TPSA) is 88.1 Å². The molecule has 3 rings (SSSR count). The Morgan fingerprint density at radius 3 is 2.29 bits per heavy atom. The second-order valence-electron chi connectivity index (χ2n) is 7.05. The van der Waals surface area contributed by atoms with E-state index in [1.165, 1.54) is 0 Å². The van der Waals surface area contributed by atoms with Crippen LogP contribution in [0.4, 0.5) is 27.6 Å². The lowest BCUT2D eigenvalue weighted by atomic mass is 10.2. The van der Waals surface area contributed by atoms with E-state index in [4.69, 9.17) is 33.0 Å². The molecule has 0 saturated carbocycles. The second-order valence-corrected chi connectivity index (χ2v) is 7.87. The van der Waals surface area contributed by atoms with Crippen LogP contribution in [0, 0.1) is 11.6 Å². The zero-order valence-electron chi connectivity index (χ0n) is 17.6. The van der Waals surface area contributed by atoms with Gasteiger partial charge < -0.3 is 24.8 Å². The van der Waals surface area contributed by atoms with Crippen molar-refractivity contribution in [3.63, 3.8) is 0 Å². The summed E-state index contributed by atoms with van der Waals surface area (Å²) in [5.74, 6) is -6.51. The summed E-state index contributed by atoms with van der Waals surface area (Å²) >= 11 is 12.0. The van der Waals surface area contributed by atoms with Crippen molar-refractivity contribution in [2.45, 2.75) is 6.18 Å². The molecule has 0 fully saturated rings. The highest BCUT2D eigenvalue weighted by Gasteiger charge is 2.36. The molecule has 1 aliphatic rings. The third kappa shape index (κ3) is 5.60. The number of hydrogen-bond donors (Lipinski definition) is 2. The normalized spacial score (nSPS) is 14.0. The Balaban J connectivity index is 2.06. The maximum Gasteiger partial charge on any atom is 0.416 e. The summed E-state index contributed by atoms with van der Waals surface area (Å²) < 4.78 is 77.1. The highest BCUT2D eigenvalue weighted by Crippen LogP contribution is 2.41. The molecule has 1 heterocycles. The van der Waals surface area contributed by atoms with Crippen LogP contribution in [0.3, 0.4) is 0 Å². The fraction of sp³-hybridized carbons (Fsp3) is 0.238. The fourth-order valence-electron chi connectivity index (χ4n) is 3.13. The first kappa shape index (κ1) is 26.5. The molecule has 0 aromatic heterocycles. The van der Waals surface area contributed by atoms with Crippen molar-refractivity contribution in [2.75, 3.05) is 32.1 Å². The molecular formula is C21H15Cl2F5N2O5. The van der Waals surface area contributed by atoms with E-state index in [1.54, 1.807) is 0 Å². The Kier molecular flexibility index (Phi) is 7.77. The molecule has 0 spiro atoms. The second kappa shape index (κ2) is 10.3. The lowest BCUT2D eigenvalue weighted by Gasteiger charge is -2.18. The molecule has 2 aromatic rings. The molecule has 0 saturated heterocycles. The van der Waals surface area contributed by atoms with Gasteiger partial charge in [-0.1, -0.05) is 23.2 Å². The SMILES string of the molecule is COC(=O)C1=C(Nc2cc(Cl)c(Cl)cc2Oc2c(F)cc(C(F)(F)F)cc2F)C(=O)N(CCO)C1. The van der Waals surface area contributed by atoms with E-state index in [-0.39, 0.29) is 52.2 Å². The Morgan fingerprint density at radius 2 is 1.74 bits per heavy atom. The van der Waals surface area contributed by atoms with Gasteiger partial charge in [0.1, 0.15) is 5.70 Å². The van der Waals surface area contributed by atoms with Crippen LogP contribution >= 0.6 is 23.2 Å². The first-order chi connectivity index (χ1) is 16.4. The number of carbonyl (C=O) groups excluding carboxylic acids is 2. The van der Waals surface area contributed by atoms with Crippen molar-refractivity contribution in [1.29, 1.82) is 0 Å². The van der Waals surface area contributed by atoms with E-state index in [0.29, 0.717) is 0 Å². The van der Waals surface area contributed by atoms with Crippen LogP contribution in [0.2, 0.25) is 10.0 Å². The summed E-state index contributed by atoms with van der Waals surface area (Å²) in [5.41, 5.74) is -2.20. The molecule has 0 atom stereocenters. The van der Waals surface area contributed by atoms with Gasteiger partial charge in [0.05, 0.1) is 47.1 Å². The number of benzene rings is 2. The minimum atomic E-state index is -5.00. The highest BCUT2D eigenvalue weighted by molar-refractivity contribution is 6.42. The predicted molar refractivity (Wildman–Crippen MR) is 114 cm³/mol. The average molecular weight is 541 g/mol. The van der Waals surface area contributed by atoms with Gasteiger partial charge in [0.15, 0.2) is 23.1 Å². The van der Waals surface area contributed by atoms with Gasteiger partial charge in [0.2, 0.25) is 0 Å². The molecule has 188 valence electrons. The summed E-state index contributed by atoms with van der Waals surface area (Å²) in [6.07, 6.45) is -5.00. The Hall–Kier alpha value is -3.09. The lowest BCUT2D eigenvalue weighted by Crippen LogP contribution is -2.31. The maximum absolute atomic E-state index is 14.4. The van der Waals surface area contributed by atoms with Crippen LogP contribution in [0.25, 0.3) is 0 Å². The van der Waals surface area contributed by atoms with Gasteiger partial charge in [-0.25, -0.2) is 13.6 Å². The lowest BCUT2D eigenvalue weighted by molar-refractivity contribution is -0.138. The first-order valence-corrected chi connectivity index (χ1v) is 10.3. The van der Waals surface area contributed by atoms with Crippen LogP contribution in [-0.2, 0) is 20.5 Å². The van der Waals surface area contributed by atoms with Gasteiger partial charge in [-0.3, -0.25) is 4.79 Å². The van der Waals surface area contributed by atoms with Crippen molar-refractivity contribution >= 4 is 40.8 Å². The molecule has 14 heteroatoms. The number of β-amino-alcohol motifs (C(OH)–C–C–N with tert-alkyl or cyclic N) is 1. The molecule has 0 aliphatic carbocycles. The standard InChI is InChI=1S/C21H15Cl2F5N2O5/c1-34-20(33)10-8-30(2-3-31)19(32)17(10)29-15-6-11(22)12(23)7-16(15)35-18-13(24)4-9(5-14(18)25)21(26,27)28/h4-7,29,31H,2-3,8H2,1H3. The molecule has 35 heavy (non-hydrogen) atoms.